The summed E-state index contributed by atoms with van der Waals surface area (Å²) in [5.41, 5.74) is 1.42. The highest BCUT2D eigenvalue weighted by Gasteiger charge is 2.18. The van der Waals surface area contributed by atoms with Gasteiger partial charge in [0, 0.05) is 17.3 Å². The van der Waals surface area contributed by atoms with Crippen molar-refractivity contribution in [2.24, 2.45) is 0 Å². The molecule has 0 unspecified atom stereocenters. The second kappa shape index (κ2) is 7.91. The monoisotopic (exact) mass is 343 g/mol. The molecule has 0 bridgehead atoms. The zero-order valence-electron chi connectivity index (χ0n) is 13.7. The van der Waals surface area contributed by atoms with Gasteiger partial charge in [0.15, 0.2) is 5.75 Å². The lowest BCUT2D eigenvalue weighted by Gasteiger charge is -2.08. The molecule has 0 aliphatic carbocycles. The van der Waals surface area contributed by atoms with Crippen LogP contribution in [0.15, 0.2) is 42.5 Å². The Morgan fingerprint density at radius 1 is 1.16 bits per heavy atom. The highest BCUT2D eigenvalue weighted by molar-refractivity contribution is 5.99. The molecule has 25 heavy (non-hydrogen) atoms. The molecule has 2 aromatic carbocycles. The van der Waals surface area contributed by atoms with E-state index in [2.05, 4.69) is 10.6 Å². The van der Waals surface area contributed by atoms with E-state index < -0.39 is 16.7 Å². The van der Waals surface area contributed by atoms with E-state index in [1.54, 1.807) is 12.1 Å². The van der Waals surface area contributed by atoms with Crippen LogP contribution in [-0.2, 0) is 4.79 Å². The van der Waals surface area contributed by atoms with Crippen LogP contribution in [-0.4, -0.2) is 30.4 Å². The van der Waals surface area contributed by atoms with Gasteiger partial charge in [0.05, 0.1) is 18.6 Å². The molecule has 2 aromatic rings. The molecule has 0 aliphatic rings. The van der Waals surface area contributed by atoms with E-state index in [0.717, 1.165) is 11.6 Å². The lowest BCUT2D eigenvalue weighted by atomic mass is 10.1. The maximum absolute atomic E-state index is 12.1. The van der Waals surface area contributed by atoms with E-state index in [1.807, 2.05) is 19.1 Å². The molecule has 0 aliphatic heterocycles. The number of anilines is 1. The quantitative estimate of drug-likeness (QED) is 0.617. The molecule has 8 heteroatoms. The van der Waals surface area contributed by atoms with Crippen molar-refractivity contribution in [2.75, 3.05) is 19.0 Å². The molecular formula is C17H17N3O5. The first kappa shape index (κ1) is 17.9. The van der Waals surface area contributed by atoms with Gasteiger partial charge in [-0.1, -0.05) is 17.7 Å². The van der Waals surface area contributed by atoms with Crippen LogP contribution in [0.4, 0.5) is 11.4 Å². The highest BCUT2D eigenvalue weighted by Crippen LogP contribution is 2.27. The molecular weight excluding hydrogens is 326 g/mol. The first-order valence-electron chi connectivity index (χ1n) is 7.38. The Morgan fingerprint density at radius 2 is 1.84 bits per heavy atom. The standard InChI is InChI=1S/C17H17N3O5/c1-11-3-6-13(7-4-11)19-16(21)10-18-17(22)12-5-8-15(25-2)14(9-12)20(23)24/h3-9H,10H2,1-2H3,(H,18,22)(H,19,21). The summed E-state index contributed by atoms with van der Waals surface area (Å²) in [7, 11) is 1.30. The minimum atomic E-state index is -0.639. The number of benzene rings is 2. The molecule has 0 radical (unpaired) electrons. The minimum Gasteiger partial charge on any atom is -0.490 e. The second-order valence-electron chi connectivity index (χ2n) is 5.24. The van der Waals surface area contributed by atoms with E-state index in [0.29, 0.717) is 5.69 Å². The zero-order valence-corrected chi connectivity index (χ0v) is 13.7. The van der Waals surface area contributed by atoms with Crippen LogP contribution in [0.5, 0.6) is 5.75 Å². The van der Waals surface area contributed by atoms with Crippen molar-refractivity contribution in [3.8, 4) is 5.75 Å². The minimum absolute atomic E-state index is 0.0543. The number of nitro groups is 1. The van der Waals surface area contributed by atoms with Gasteiger partial charge >= 0.3 is 5.69 Å². The summed E-state index contributed by atoms with van der Waals surface area (Å²) >= 11 is 0. The van der Waals surface area contributed by atoms with Gasteiger partial charge in [-0.25, -0.2) is 0 Å². The van der Waals surface area contributed by atoms with Crippen molar-refractivity contribution >= 4 is 23.2 Å². The van der Waals surface area contributed by atoms with E-state index >= 15 is 0 Å². The van der Waals surface area contributed by atoms with Crippen LogP contribution in [0.2, 0.25) is 0 Å². The molecule has 2 N–H and O–H groups in total. The summed E-state index contributed by atoms with van der Waals surface area (Å²) in [5, 5.41) is 16.0. The fourth-order valence-electron chi connectivity index (χ4n) is 2.08. The average molecular weight is 343 g/mol. The molecule has 0 atom stereocenters. The number of hydrogen-bond donors (Lipinski definition) is 2. The summed E-state index contributed by atoms with van der Waals surface area (Å²) < 4.78 is 4.88. The number of ether oxygens (including phenoxy) is 1. The number of carbonyl (C=O) groups is 2. The van der Waals surface area contributed by atoms with Crippen molar-refractivity contribution < 1.29 is 19.2 Å². The fraction of sp³-hybridized carbons (Fsp3) is 0.176. The zero-order chi connectivity index (χ0) is 18.4. The smallest absolute Gasteiger partial charge is 0.311 e. The van der Waals surface area contributed by atoms with Crippen molar-refractivity contribution in [3.05, 3.63) is 63.7 Å². The number of aryl methyl sites for hydroxylation is 1. The van der Waals surface area contributed by atoms with Crippen molar-refractivity contribution in [3.63, 3.8) is 0 Å². The maximum Gasteiger partial charge on any atom is 0.311 e. The summed E-state index contributed by atoms with van der Waals surface area (Å²) in [4.78, 5) is 34.3. The third-order valence-electron chi connectivity index (χ3n) is 3.38. The van der Waals surface area contributed by atoms with Crippen molar-refractivity contribution in [1.29, 1.82) is 0 Å². The van der Waals surface area contributed by atoms with Gasteiger partial charge in [0.1, 0.15) is 0 Å². The van der Waals surface area contributed by atoms with Gasteiger partial charge in [-0.05, 0) is 31.2 Å². The van der Waals surface area contributed by atoms with Crippen LogP contribution < -0.4 is 15.4 Å². The Labute approximate surface area is 144 Å². The van der Waals surface area contributed by atoms with E-state index in [-0.39, 0.29) is 23.5 Å². The van der Waals surface area contributed by atoms with Crippen LogP contribution in [0.3, 0.4) is 0 Å². The van der Waals surface area contributed by atoms with Crippen LogP contribution in [0.25, 0.3) is 0 Å². The summed E-state index contributed by atoms with van der Waals surface area (Å²) in [6.45, 7) is 1.67. The number of hydrogen-bond acceptors (Lipinski definition) is 5. The first-order chi connectivity index (χ1) is 11.9. The molecule has 0 heterocycles. The number of nitrogens with one attached hydrogen (secondary N) is 2. The SMILES string of the molecule is COc1ccc(C(=O)NCC(=O)Nc2ccc(C)cc2)cc1[N+](=O)[O-]. The third kappa shape index (κ3) is 4.77. The lowest BCUT2D eigenvalue weighted by Crippen LogP contribution is -2.32. The predicted molar refractivity (Wildman–Crippen MR) is 91.8 cm³/mol. The Hall–Kier alpha value is -3.42. The Morgan fingerprint density at radius 3 is 2.44 bits per heavy atom. The number of rotatable bonds is 6. The van der Waals surface area contributed by atoms with Gasteiger partial charge < -0.3 is 15.4 Å². The van der Waals surface area contributed by atoms with Gasteiger partial charge in [-0.15, -0.1) is 0 Å². The largest absolute Gasteiger partial charge is 0.490 e. The number of amides is 2. The maximum atomic E-state index is 12.1. The summed E-state index contributed by atoms with van der Waals surface area (Å²) in [5.74, 6) is -0.941. The third-order valence-corrected chi connectivity index (χ3v) is 3.38. The topological polar surface area (TPSA) is 111 Å². The first-order valence-corrected chi connectivity index (χ1v) is 7.38. The van der Waals surface area contributed by atoms with Gasteiger partial charge in [-0.2, -0.15) is 0 Å². The van der Waals surface area contributed by atoms with Crippen LogP contribution in [0.1, 0.15) is 15.9 Å². The molecule has 0 aromatic heterocycles. The van der Waals surface area contributed by atoms with Crippen molar-refractivity contribution in [1.82, 2.24) is 5.32 Å². The lowest BCUT2D eigenvalue weighted by molar-refractivity contribution is -0.385. The number of carbonyl (C=O) groups excluding carboxylic acids is 2. The Kier molecular flexibility index (Phi) is 5.67. The van der Waals surface area contributed by atoms with E-state index in [1.165, 1.54) is 19.2 Å². The number of methoxy groups -OCH3 is 1. The molecule has 0 saturated carbocycles. The van der Waals surface area contributed by atoms with E-state index in [4.69, 9.17) is 4.74 Å². The number of nitro benzene ring substituents is 1. The van der Waals surface area contributed by atoms with E-state index in [9.17, 15) is 19.7 Å². The Bertz CT molecular complexity index is 802. The number of nitrogens with zero attached hydrogens (tertiary/aromatic N) is 1. The van der Waals surface area contributed by atoms with Crippen LogP contribution >= 0.6 is 0 Å². The molecule has 8 nitrogen and oxygen atoms in total. The average Bonchev–Trinajstić information content (AvgIpc) is 2.61. The van der Waals surface area contributed by atoms with Crippen molar-refractivity contribution in [2.45, 2.75) is 6.92 Å². The summed E-state index contributed by atoms with van der Waals surface area (Å²) in [6, 6.07) is 11.0. The predicted octanol–water partition coefficient (Wildman–Crippen LogP) is 2.28. The Balaban J connectivity index is 1.97. The fourth-order valence-corrected chi connectivity index (χ4v) is 2.08. The molecule has 0 saturated heterocycles. The normalized spacial score (nSPS) is 10.0. The summed E-state index contributed by atoms with van der Waals surface area (Å²) in [6.07, 6.45) is 0. The van der Waals surface area contributed by atoms with Gasteiger partial charge in [0.25, 0.3) is 5.91 Å². The highest BCUT2D eigenvalue weighted by atomic mass is 16.6. The molecule has 0 spiro atoms. The molecule has 2 rings (SSSR count). The molecule has 130 valence electrons. The van der Waals surface area contributed by atoms with Gasteiger partial charge in [-0.3, -0.25) is 19.7 Å². The molecule has 2 amide bonds. The van der Waals surface area contributed by atoms with Crippen LogP contribution in [0, 0.1) is 17.0 Å². The second-order valence-corrected chi connectivity index (χ2v) is 5.24. The molecule has 0 fully saturated rings. The van der Waals surface area contributed by atoms with Gasteiger partial charge in [0.2, 0.25) is 5.91 Å².